The number of anilines is 1. The maximum Gasteiger partial charge on any atom is 0.280 e. The number of halogens is 4. The highest BCUT2D eigenvalue weighted by atomic mass is 32.2. The smallest absolute Gasteiger partial charge is 0.280 e. The number of hydrogen-bond donors (Lipinski definition) is 2. The van der Waals surface area contributed by atoms with Gasteiger partial charge in [0, 0.05) is 11.6 Å². The number of aromatic amines is 1. The second-order valence-electron chi connectivity index (χ2n) is 5.79. The van der Waals surface area contributed by atoms with Crippen molar-refractivity contribution in [2.45, 2.75) is 17.7 Å². The summed E-state index contributed by atoms with van der Waals surface area (Å²) in [6, 6.07) is 2.18. The molecular weight excluding hydrogens is 450 g/mol. The predicted molar refractivity (Wildman–Crippen MR) is 98.5 cm³/mol. The third kappa shape index (κ3) is 4.70. The minimum Gasteiger partial charge on any atom is -0.478 e. The van der Waals surface area contributed by atoms with Gasteiger partial charge < -0.3 is 19.2 Å². The maximum atomic E-state index is 12.8. The fourth-order valence-corrected chi connectivity index (χ4v) is 3.63. The number of sulfonamides is 1. The second kappa shape index (κ2) is 8.79. The first-order valence-corrected chi connectivity index (χ1v) is 9.84. The molecule has 2 N–H and O–H groups in total. The Labute approximate surface area is 172 Å². The minimum absolute atomic E-state index is 0.0488. The molecule has 0 atom stereocenters. The molecule has 0 aliphatic carbocycles. The molecule has 0 radical (unpaired) electrons. The van der Waals surface area contributed by atoms with Crippen molar-refractivity contribution in [3.63, 3.8) is 0 Å². The highest BCUT2D eigenvalue weighted by molar-refractivity contribution is 7.93. The molecule has 10 nitrogen and oxygen atoms in total. The topological polar surface area (TPSA) is 128 Å². The van der Waals surface area contributed by atoms with Gasteiger partial charge in [-0.2, -0.15) is 9.97 Å². The van der Waals surface area contributed by atoms with Gasteiger partial charge in [0.25, 0.3) is 34.6 Å². The van der Waals surface area contributed by atoms with E-state index in [-0.39, 0.29) is 33.4 Å². The van der Waals surface area contributed by atoms with E-state index < -0.39 is 41.1 Å². The molecule has 0 aliphatic rings. The molecule has 0 saturated heterocycles. The Morgan fingerprint density at radius 2 is 1.71 bits per heavy atom. The standard InChI is InChI=1S/C16H15F4N5O5S/c1-28-14-11(30-6-10(17)18)15(29-2)24-16(23-14)25-31(26,27)9-5-21-13-7(9)3-4-8(22-13)12(19)20/h3-5,10,12H,6H2,1-2H3,(H,21,22)(H,23,24,25). The maximum absolute atomic E-state index is 12.8. The normalized spacial score (nSPS) is 11.9. The summed E-state index contributed by atoms with van der Waals surface area (Å²) in [5.74, 6) is -1.56. The molecule has 0 spiro atoms. The Morgan fingerprint density at radius 3 is 2.26 bits per heavy atom. The lowest BCUT2D eigenvalue weighted by Gasteiger charge is -2.14. The van der Waals surface area contributed by atoms with Crippen molar-refractivity contribution in [1.29, 1.82) is 0 Å². The SMILES string of the molecule is COc1nc(NS(=O)(=O)c2c[nH]c3nc(C(F)F)ccc23)nc(OC)c1OCC(F)F. The van der Waals surface area contributed by atoms with E-state index in [0.717, 1.165) is 26.5 Å². The van der Waals surface area contributed by atoms with Gasteiger partial charge >= 0.3 is 0 Å². The number of ether oxygens (including phenoxy) is 3. The van der Waals surface area contributed by atoms with Crippen LogP contribution >= 0.6 is 0 Å². The van der Waals surface area contributed by atoms with Crippen LogP contribution in [-0.2, 0) is 10.0 Å². The zero-order valence-corrected chi connectivity index (χ0v) is 16.7. The summed E-state index contributed by atoms with van der Waals surface area (Å²) < 4.78 is 93.0. The van der Waals surface area contributed by atoms with Gasteiger partial charge in [-0.1, -0.05) is 0 Å². The number of H-pyrrole nitrogens is 1. The summed E-state index contributed by atoms with van der Waals surface area (Å²) in [4.78, 5) is 13.5. The van der Waals surface area contributed by atoms with Crippen LogP contribution in [0.3, 0.4) is 0 Å². The number of pyridine rings is 1. The van der Waals surface area contributed by atoms with Crippen LogP contribution in [0, 0.1) is 0 Å². The lowest BCUT2D eigenvalue weighted by molar-refractivity contribution is 0.0780. The van der Waals surface area contributed by atoms with Crippen LogP contribution in [0.15, 0.2) is 23.2 Å². The average molecular weight is 465 g/mol. The molecule has 0 aliphatic heterocycles. The molecule has 0 fully saturated rings. The summed E-state index contributed by atoms with van der Waals surface area (Å²) in [6.07, 6.45) is -4.57. The number of methoxy groups -OCH3 is 2. The lowest BCUT2D eigenvalue weighted by atomic mass is 10.3. The first-order valence-electron chi connectivity index (χ1n) is 8.36. The minimum atomic E-state index is -4.32. The molecule has 3 heterocycles. The average Bonchev–Trinajstić information content (AvgIpc) is 3.15. The van der Waals surface area contributed by atoms with Crippen LogP contribution in [0.25, 0.3) is 11.0 Å². The zero-order chi connectivity index (χ0) is 22.8. The van der Waals surface area contributed by atoms with E-state index in [1.54, 1.807) is 0 Å². The molecular formula is C16H15F4N5O5S. The van der Waals surface area contributed by atoms with Crippen molar-refractivity contribution in [2.75, 3.05) is 25.5 Å². The first-order chi connectivity index (χ1) is 14.7. The van der Waals surface area contributed by atoms with Gasteiger partial charge in [0.2, 0.25) is 11.7 Å². The van der Waals surface area contributed by atoms with Crippen LogP contribution in [0.4, 0.5) is 23.5 Å². The molecule has 0 amide bonds. The Hall–Kier alpha value is -3.36. The molecule has 31 heavy (non-hydrogen) atoms. The van der Waals surface area contributed by atoms with Crippen LogP contribution in [0.1, 0.15) is 12.1 Å². The quantitative estimate of drug-likeness (QED) is 0.462. The number of aromatic nitrogens is 4. The van der Waals surface area contributed by atoms with Gasteiger partial charge in [0.15, 0.2) is 0 Å². The molecule has 0 bridgehead atoms. The Bertz CT molecular complexity index is 1160. The van der Waals surface area contributed by atoms with E-state index in [1.165, 1.54) is 6.07 Å². The van der Waals surface area contributed by atoms with Crippen molar-refractivity contribution >= 4 is 27.0 Å². The summed E-state index contributed by atoms with van der Waals surface area (Å²) in [5.41, 5.74) is -0.589. The monoisotopic (exact) mass is 465 g/mol. The van der Waals surface area contributed by atoms with Gasteiger partial charge in [-0.15, -0.1) is 0 Å². The highest BCUT2D eigenvalue weighted by Crippen LogP contribution is 2.36. The van der Waals surface area contributed by atoms with Gasteiger partial charge in [-0.25, -0.2) is 35.7 Å². The van der Waals surface area contributed by atoms with Crippen molar-refractivity contribution in [3.8, 4) is 17.5 Å². The molecule has 3 aromatic heterocycles. The van der Waals surface area contributed by atoms with E-state index in [0.29, 0.717) is 0 Å². The lowest BCUT2D eigenvalue weighted by Crippen LogP contribution is -2.16. The summed E-state index contributed by atoms with van der Waals surface area (Å²) >= 11 is 0. The van der Waals surface area contributed by atoms with E-state index in [4.69, 9.17) is 14.2 Å². The Morgan fingerprint density at radius 1 is 1.06 bits per heavy atom. The number of alkyl halides is 4. The van der Waals surface area contributed by atoms with E-state index >= 15 is 0 Å². The third-order valence-electron chi connectivity index (χ3n) is 3.80. The van der Waals surface area contributed by atoms with Crippen LogP contribution < -0.4 is 18.9 Å². The van der Waals surface area contributed by atoms with Crippen molar-refractivity contribution in [3.05, 3.63) is 24.0 Å². The number of rotatable bonds is 9. The fourth-order valence-electron chi connectivity index (χ4n) is 2.52. The molecule has 0 aromatic carbocycles. The van der Waals surface area contributed by atoms with Gasteiger partial charge in [-0.3, -0.25) is 0 Å². The van der Waals surface area contributed by atoms with E-state index in [9.17, 15) is 26.0 Å². The number of nitrogens with one attached hydrogen (secondary N) is 2. The Balaban J connectivity index is 1.96. The van der Waals surface area contributed by atoms with Crippen molar-refractivity contribution in [1.82, 2.24) is 19.9 Å². The molecule has 0 unspecified atom stereocenters. The molecule has 3 aromatic rings. The summed E-state index contributed by atoms with van der Waals surface area (Å²) in [6.45, 7) is -0.996. The number of hydrogen-bond acceptors (Lipinski definition) is 8. The summed E-state index contributed by atoms with van der Waals surface area (Å²) in [5, 5.41) is 0.0488. The fraction of sp³-hybridized carbons (Fsp3) is 0.312. The van der Waals surface area contributed by atoms with Crippen molar-refractivity contribution < 1.29 is 40.2 Å². The van der Waals surface area contributed by atoms with Crippen LogP contribution in [-0.4, -0.2) is 55.6 Å². The first kappa shape index (κ1) is 22.3. The molecule has 3 rings (SSSR count). The van der Waals surface area contributed by atoms with Crippen LogP contribution in [0.2, 0.25) is 0 Å². The molecule has 0 saturated carbocycles. The zero-order valence-electron chi connectivity index (χ0n) is 15.9. The second-order valence-corrected chi connectivity index (χ2v) is 7.44. The van der Waals surface area contributed by atoms with E-state index in [2.05, 4.69) is 24.7 Å². The third-order valence-corrected chi connectivity index (χ3v) is 5.17. The number of fused-ring (bicyclic) bond motifs is 1. The number of nitrogens with zero attached hydrogens (tertiary/aromatic N) is 3. The predicted octanol–water partition coefficient (Wildman–Crippen LogP) is 2.75. The Kier molecular flexibility index (Phi) is 6.33. The summed E-state index contributed by atoms with van der Waals surface area (Å²) in [7, 11) is -2.02. The van der Waals surface area contributed by atoms with E-state index in [1.807, 2.05) is 0 Å². The largest absolute Gasteiger partial charge is 0.478 e. The van der Waals surface area contributed by atoms with Crippen molar-refractivity contribution in [2.24, 2.45) is 0 Å². The van der Waals surface area contributed by atoms with Gasteiger partial charge in [-0.05, 0) is 12.1 Å². The highest BCUT2D eigenvalue weighted by Gasteiger charge is 2.25. The van der Waals surface area contributed by atoms with Gasteiger partial charge in [0.05, 0.1) is 14.2 Å². The molecule has 168 valence electrons. The molecule has 15 heteroatoms. The van der Waals surface area contributed by atoms with Gasteiger partial charge in [0.1, 0.15) is 22.8 Å². The van der Waals surface area contributed by atoms with Crippen LogP contribution in [0.5, 0.6) is 17.5 Å².